The summed E-state index contributed by atoms with van der Waals surface area (Å²) in [5.41, 5.74) is 6.17. The van der Waals surface area contributed by atoms with Crippen LogP contribution in [0.1, 0.15) is 0 Å². The second-order valence-electron chi connectivity index (χ2n) is 8.90. The van der Waals surface area contributed by atoms with Gasteiger partial charge in [-0.05, 0) is 36.8 Å². The molecule has 0 radical (unpaired) electrons. The van der Waals surface area contributed by atoms with Crippen LogP contribution in [0.3, 0.4) is 0 Å². The van der Waals surface area contributed by atoms with Crippen molar-refractivity contribution in [1.29, 1.82) is 0 Å². The van der Waals surface area contributed by atoms with E-state index in [1.807, 2.05) is 53.3 Å². The molecule has 0 spiro atoms. The van der Waals surface area contributed by atoms with Crippen molar-refractivity contribution in [3.05, 3.63) is 122 Å². The number of anilines is 3. The zero-order valence-corrected chi connectivity index (χ0v) is 22.9. The predicted molar refractivity (Wildman–Crippen MR) is 148 cm³/mol. The summed E-state index contributed by atoms with van der Waals surface area (Å²) in [4.78, 5) is 17.9. The molecule has 0 atom stereocenters. The maximum absolute atomic E-state index is 4.65. The van der Waals surface area contributed by atoms with Gasteiger partial charge in [-0.3, -0.25) is 4.98 Å². The number of hydrogen-bond acceptors (Lipinski definition) is 5. The Hall–Kier alpha value is -4.32. The van der Waals surface area contributed by atoms with Crippen molar-refractivity contribution in [2.24, 2.45) is 0 Å². The smallest absolute Gasteiger partial charge is 0.504 e. The van der Waals surface area contributed by atoms with Crippen molar-refractivity contribution in [1.82, 2.24) is 15.0 Å². The maximum atomic E-state index is 4.65. The number of imidazole rings is 1. The zero-order valence-electron chi connectivity index (χ0n) is 20.5. The molecule has 7 heteroatoms. The Balaban J connectivity index is 0.000000141. The van der Waals surface area contributed by atoms with Gasteiger partial charge in [0, 0.05) is 33.7 Å². The summed E-state index contributed by atoms with van der Waals surface area (Å²) in [5, 5.41) is 4.54. The number of nitrogens with zero attached hydrogens (tertiary/aromatic N) is 6. The van der Waals surface area contributed by atoms with Gasteiger partial charge in [0.25, 0.3) is 0 Å². The molecular weight excluding hydrogens is 649 g/mol. The normalized spacial score (nSPS) is 12.4. The third-order valence-corrected chi connectivity index (χ3v) is 6.70. The summed E-state index contributed by atoms with van der Waals surface area (Å²) in [6, 6.07) is 32.0. The molecule has 0 saturated heterocycles. The summed E-state index contributed by atoms with van der Waals surface area (Å²) in [7, 11) is 2.06. The summed E-state index contributed by atoms with van der Waals surface area (Å²) in [6.07, 6.45) is 7.45. The van der Waals surface area contributed by atoms with E-state index in [-0.39, 0.29) is 20.1 Å². The predicted octanol–water partition coefficient (Wildman–Crippen LogP) is 5.98. The number of fused-ring (bicyclic) bond motifs is 9. The van der Waals surface area contributed by atoms with Crippen molar-refractivity contribution < 1.29 is 24.5 Å². The van der Waals surface area contributed by atoms with Crippen molar-refractivity contribution in [3.8, 4) is 0 Å². The van der Waals surface area contributed by atoms with Crippen LogP contribution >= 0.6 is 0 Å². The van der Waals surface area contributed by atoms with Crippen molar-refractivity contribution in [2.45, 2.75) is 0 Å². The average molecular weight is 671 g/mol. The molecule has 0 N–H and O–H groups in total. The second kappa shape index (κ2) is 9.86. The van der Waals surface area contributed by atoms with Gasteiger partial charge in [-0.1, -0.05) is 42.5 Å². The van der Waals surface area contributed by atoms with E-state index in [0.717, 1.165) is 38.7 Å². The van der Waals surface area contributed by atoms with Gasteiger partial charge < -0.3 is 14.2 Å². The second-order valence-corrected chi connectivity index (χ2v) is 8.90. The molecule has 6 nitrogen and oxygen atoms in total. The topological polar surface area (TPSA) is 49.3 Å². The number of rotatable bonds is 1. The van der Waals surface area contributed by atoms with E-state index >= 15 is 0 Å². The number of benzene rings is 3. The van der Waals surface area contributed by atoms with Crippen LogP contribution in [-0.4, -0.2) is 22.0 Å². The standard InChI is InChI=1S/C17H10N4.C14H12N2.Ir/c1-2-5-12-11(4-1)10-20-15-14(12)13-6-3-7-18-16(13)21-9-8-19-17(15)21;1-15-11-16(12-7-3-2-4-8-12)14-10-6-5-9-13(14)15;/h1-10H;2-7,9-11H,1H3;/q;-2;+3. The van der Waals surface area contributed by atoms with Gasteiger partial charge in [0.05, 0.1) is 17.9 Å². The third-order valence-electron chi connectivity index (χ3n) is 6.70. The quantitative estimate of drug-likeness (QED) is 0.122. The molecule has 5 heterocycles. The van der Waals surface area contributed by atoms with Crippen molar-refractivity contribution >= 4 is 55.4 Å². The van der Waals surface area contributed by atoms with E-state index in [0.29, 0.717) is 0 Å². The molecule has 4 aromatic heterocycles. The number of hydrogen-bond donors (Lipinski definition) is 0. The van der Waals surface area contributed by atoms with Crippen LogP contribution in [0.15, 0.2) is 110 Å². The van der Waals surface area contributed by atoms with Gasteiger partial charge in [-0.15, -0.1) is 5.69 Å². The van der Waals surface area contributed by atoms with Crippen LogP contribution in [0.25, 0.3) is 38.4 Å². The summed E-state index contributed by atoms with van der Waals surface area (Å²) in [6.45, 7) is 2.08. The fraction of sp³-hybridized carbons (Fsp3) is 0.0323. The molecule has 1 aliphatic rings. The molecule has 0 fully saturated rings. The fourth-order valence-corrected chi connectivity index (χ4v) is 5.03. The molecule has 0 unspecified atom stereocenters. The average Bonchev–Trinajstić information content (AvgIpc) is 3.59. The van der Waals surface area contributed by atoms with E-state index in [9.17, 15) is 0 Å². The fourth-order valence-electron chi connectivity index (χ4n) is 5.03. The Morgan fingerprint density at radius 2 is 1.58 bits per heavy atom. The minimum atomic E-state index is 0. The zero-order chi connectivity index (χ0) is 24.8. The molecule has 3 aromatic carbocycles. The van der Waals surface area contributed by atoms with Gasteiger partial charge in [-0.2, -0.15) is 47.0 Å². The van der Waals surface area contributed by atoms with Gasteiger partial charge in [0.15, 0.2) is 11.3 Å². The molecule has 0 bridgehead atoms. The van der Waals surface area contributed by atoms with Gasteiger partial charge in [0.2, 0.25) is 0 Å². The van der Waals surface area contributed by atoms with Crippen LogP contribution < -0.4 is 14.2 Å². The van der Waals surface area contributed by atoms with Gasteiger partial charge >= 0.3 is 20.1 Å². The van der Waals surface area contributed by atoms with E-state index in [2.05, 4.69) is 99.1 Å². The van der Waals surface area contributed by atoms with E-state index in [4.69, 9.17) is 0 Å². The molecule has 0 amide bonds. The Kier molecular flexibility index (Phi) is 6.24. The van der Waals surface area contributed by atoms with Crippen LogP contribution in [-0.2, 0) is 20.1 Å². The first kappa shape index (κ1) is 24.0. The number of pyridine rings is 3. The summed E-state index contributed by atoms with van der Waals surface area (Å²) in [5.74, 6) is 0. The third kappa shape index (κ3) is 3.88. The first-order valence-electron chi connectivity index (χ1n) is 12.1. The van der Waals surface area contributed by atoms with Crippen molar-refractivity contribution in [2.75, 3.05) is 16.8 Å². The Morgan fingerprint density at radius 3 is 2.45 bits per heavy atom. The van der Waals surface area contributed by atoms with E-state index in [1.54, 1.807) is 6.20 Å². The molecule has 38 heavy (non-hydrogen) atoms. The summed E-state index contributed by atoms with van der Waals surface area (Å²) < 4.78 is 2.00. The Labute approximate surface area is 233 Å². The Morgan fingerprint density at radius 1 is 0.789 bits per heavy atom. The molecule has 1 aliphatic heterocycles. The van der Waals surface area contributed by atoms with Gasteiger partial charge in [0.1, 0.15) is 0 Å². The largest absolute Gasteiger partial charge is 3.00 e. The number of aromatic nitrogens is 4. The molecule has 7 aromatic rings. The molecular formula is C31H22IrN6+. The van der Waals surface area contributed by atoms with E-state index in [1.165, 1.54) is 16.8 Å². The minimum Gasteiger partial charge on any atom is -0.504 e. The Bertz CT molecular complexity index is 1900. The minimum absolute atomic E-state index is 0. The van der Waals surface area contributed by atoms with E-state index < -0.39 is 0 Å². The van der Waals surface area contributed by atoms with Crippen LogP contribution in [0.5, 0.6) is 0 Å². The van der Waals surface area contributed by atoms with Crippen LogP contribution in [0.2, 0.25) is 0 Å². The molecule has 8 rings (SSSR count). The molecule has 0 saturated carbocycles. The van der Waals surface area contributed by atoms with Crippen LogP contribution in [0, 0.1) is 12.7 Å². The monoisotopic (exact) mass is 671 g/mol. The van der Waals surface area contributed by atoms with Crippen molar-refractivity contribution in [3.63, 3.8) is 0 Å². The maximum Gasteiger partial charge on any atom is 3.00 e. The van der Waals surface area contributed by atoms with Gasteiger partial charge in [-0.25, -0.2) is 0 Å². The first-order valence-corrected chi connectivity index (χ1v) is 12.1. The van der Waals surface area contributed by atoms with Crippen LogP contribution in [0.4, 0.5) is 17.1 Å². The first-order chi connectivity index (χ1) is 18.3. The SMILES string of the molecule is CN1[CH-]N(c2[c-]cccc2)c2ccccc21.[Ir+3].c1ccc2c(c1)cnc1c2c2cccnc2[n+]2[cH-]cnc12. The number of para-hydroxylation sites is 3. The molecule has 184 valence electrons. The summed E-state index contributed by atoms with van der Waals surface area (Å²) >= 11 is 0. The molecule has 0 aliphatic carbocycles.